The zero-order valence-corrected chi connectivity index (χ0v) is 26.0. The van der Waals surface area contributed by atoms with Gasteiger partial charge in [-0.05, 0) is 57.9 Å². The molecule has 40 heavy (non-hydrogen) atoms. The van der Waals surface area contributed by atoms with E-state index in [0.29, 0.717) is 46.2 Å². The van der Waals surface area contributed by atoms with Gasteiger partial charge in [-0.1, -0.05) is 77.6 Å². The van der Waals surface area contributed by atoms with Gasteiger partial charge in [-0.15, -0.1) is 0 Å². The highest BCUT2D eigenvalue weighted by Crippen LogP contribution is 2.20. The van der Waals surface area contributed by atoms with Gasteiger partial charge in [0.2, 0.25) is 0 Å². The molecule has 0 amide bonds. The summed E-state index contributed by atoms with van der Waals surface area (Å²) in [7, 11) is 0. The number of cyclic esters (lactones) is 1. The lowest BCUT2D eigenvalue weighted by Gasteiger charge is -2.11. The van der Waals surface area contributed by atoms with Crippen molar-refractivity contribution in [1.82, 2.24) is 0 Å². The van der Waals surface area contributed by atoms with Crippen LogP contribution >= 0.6 is 0 Å². The predicted molar refractivity (Wildman–Crippen MR) is 162 cm³/mol. The highest BCUT2D eigenvalue weighted by molar-refractivity contribution is 5.90. The fourth-order valence-corrected chi connectivity index (χ4v) is 4.87. The summed E-state index contributed by atoms with van der Waals surface area (Å²) >= 11 is 0. The fraction of sp³-hybridized carbons (Fsp3) is 0.909. The number of aliphatic hydroxyl groups is 1. The number of carbonyl (C=O) groups excluding carboxylic acids is 1. The van der Waals surface area contributed by atoms with Crippen LogP contribution in [0.1, 0.15) is 129 Å². The van der Waals surface area contributed by atoms with Crippen LogP contribution in [-0.2, 0) is 28.5 Å². The summed E-state index contributed by atoms with van der Waals surface area (Å²) in [6, 6.07) is 0. The number of hydrogen-bond donors (Lipinski definition) is 1. The Morgan fingerprint density at radius 1 is 0.650 bits per heavy atom. The van der Waals surface area contributed by atoms with E-state index in [4.69, 9.17) is 23.7 Å². The molecule has 0 aliphatic carbocycles. The van der Waals surface area contributed by atoms with Gasteiger partial charge in [0.05, 0.1) is 45.7 Å². The van der Waals surface area contributed by atoms with Gasteiger partial charge < -0.3 is 28.8 Å². The monoisotopic (exact) mass is 570 g/mol. The Kier molecular flexibility index (Phi) is 26.1. The molecule has 0 saturated carbocycles. The highest BCUT2D eigenvalue weighted by Gasteiger charge is 2.21. The summed E-state index contributed by atoms with van der Waals surface area (Å²) in [6.45, 7) is 9.35. The van der Waals surface area contributed by atoms with Crippen LogP contribution in [0, 0.1) is 0 Å². The molecule has 0 bridgehead atoms. The molecular formula is C33H62O7. The number of ether oxygens (including phenoxy) is 5. The van der Waals surface area contributed by atoms with Gasteiger partial charge in [0.1, 0.15) is 6.10 Å². The van der Waals surface area contributed by atoms with Crippen molar-refractivity contribution < 1.29 is 33.6 Å². The summed E-state index contributed by atoms with van der Waals surface area (Å²) < 4.78 is 27.5. The average molecular weight is 571 g/mol. The van der Waals surface area contributed by atoms with Crippen molar-refractivity contribution in [1.29, 1.82) is 0 Å². The summed E-state index contributed by atoms with van der Waals surface area (Å²) in [6.07, 6.45) is 22.2. The van der Waals surface area contributed by atoms with E-state index in [1.165, 1.54) is 44.9 Å². The van der Waals surface area contributed by atoms with E-state index in [9.17, 15) is 9.90 Å². The normalized spacial score (nSPS) is 15.9. The Balaban J connectivity index is 1.69. The van der Waals surface area contributed by atoms with E-state index in [0.717, 1.165) is 82.8 Å². The first-order chi connectivity index (χ1) is 19.6. The Morgan fingerprint density at radius 2 is 1.07 bits per heavy atom. The van der Waals surface area contributed by atoms with Crippen LogP contribution in [0.5, 0.6) is 0 Å². The molecule has 7 nitrogen and oxygen atoms in total. The van der Waals surface area contributed by atoms with E-state index in [1.54, 1.807) is 0 Å². The van der Waals surface area contributed by atoms with Crippen molar-refractivity contribution >= 4 is 5.97 Å². The minimum Gasteiger partial charge on any atom is -0.455 e. The summed E-state index contributed by atoms with van der Waals surface area (Å²) in [5.41, 5.74) is 0.838. The molecule has 2 atom stereocenters. The van der Waals surface area contributed by atoms with Gasteiger partial charge in [0, 0.05) is 18.8 Å². The molecule has 1 heterocycles. The topological polar surface area (TPSA) is 83.5 Å². The van der Waals surface area contributed by atoms with Crippen LogP contribution in [0.3, 0.4) is 0 Å². The van der Waals surface area contributed by atoms with Crippen LogP contribution in [0.4, 0.5) is 0 Å². The van der Waals surface area contributed by atoms with E-state index in [1.807, 2.05) is 13.0 Å². The van der Waals surface area contributed by atoms with Crippen molar-refractivity contribution in [2.45, 2.75) is 142 Å². The number of esters is 1. The third-order valence-electron chi connectivity index (χ3n) is 7.31. The first-order valence-corrected chi connectivity index (χ1v) is 16.5. The lowest BCUT2D eigenvalue weighted by atomic mass is 10.0. The molecular weight excluding hydrogens is 508 g/mol. The lowest BCUT2D eigenvalue weighted by Crippen LogP contribution is -2.12. The maximum atomic E-state index is 11.6. The van der Waals surface area contributed by atoms with Gasteiger partial charge in [0.15, 0.2) is 0 Å². The van der Waals surface area contributed by atoms with Crippen LogP contribution < -0.4 is 0 Å². The van der Waals surface area contributed by atoms with Crippen LogP contribution in [0.2, 0.25) is 0 Å². The van der Waals surface area contributed by atoms with Crippen LogP contribution in [0.15, 0.2) is 11.6 Å². The molecule has 1 aliphatic rings. The van der Waals surface area contributed by atoms with Crippen molar-refractivity contribution in [2.75, 3.05) is 52.9 Å². The second kappa shape index (κ2) is 28.1. The van der Waals surface area contributed by atoms with Crippen LogP contribution in [-0.4, -0.2) is 76.1 Å². The zero-order chi connectivity index (χ0) is 28.9. The van der Waals surface area contributed by atoms with E-state index in [2.05, 4.69) is 6.92 Å². The fourth-order valence-electron chi connectivity index (χ4n) is 4.87. The lowest BCUT2D eigenvalue weighted by molar-refractivity contribution is -0.139. The minimum absolute atomic E-state index is 0.0646. The molecule has 0 radical (unpaired) electrons. The molecule has 0 aromatic rings. The van der Waals surface area contributed by atoms with Gasteiger partial charge in [-0.25, -0.2) is 4.79 Å². The molecule has 236 valence electrons. The number of unbranched alkanes of at least 4 members (excludes halogenated alkanes) is 12. The number of hydrogen-bond acceptors (Lipinski definition) is 7. The maximum absolute atomic E-state index is 11.6. The molecule has 0 unspecified atom stereocenters. The van der Waals surface area contributed by atoms with Crippen molar-refractivity contribution in [3.8, 4) is 0 Å². The van der Waals surface area contributed by atoms with Crippen molar-refractivity contribution in [3.63, 3.8) is 0 Å². The molecule has 1 N–H and O–H groups in total. The van der Waals surface area contributed by atoms with Crippen molar-refractivity contribution in [2.24, 2.45) is 0 Å². The first-order valence-electron chi connectivity index (χ1n) is 16.5. The molecule has 0 aromatic heterocycles. The Morgan fingerprint density at radius 3 is 1.60 bits per heavy atom. The van der Waals surface area contributed by atoms with Gasteiger partial charge in [-0.3, -0.25) is 0 Å². The number of carbonyl (C=O) groups is 1. The van der Waals surface area contributed by atoms with E-state index >= 15 is 0 Å². The number of rotatable bonds is 31. The highest BCUT2D eigenvalue weighted by atomic mass is 16.6. The van der Waals surface area contributed by atoms with Crippen molar-refractivity contribution in [3.05, 3.63) is 11.6 Å². The second-order valence-corrected chi connectivity index (χ2v) is 11.2. The summed E-state index contributed by atoms with van der Waals surface area (Å²) in [5, 5.41) is 10.2. The molecule has 7 heteroatoms. The second-order valence-electron chi connectivity index (χ2n) is 11.2. The Labute approximate surface area is 245 Å². The molecule has 0 spiro atoms. The standard InChI is InChI=1S/C33H62O7/c1-3-4-5-6-7-8-12-16-21-36-23-25-38-27-28-39-26-24-37-22-17-15-20-32(34)19-14-11-9-10-13-18-31-29-30(2)40-33(31)35/h29-30,32,34H,3-28H2,1-2H3/t30-,32+/m0/s1. The van der Waals surface area contributed by atoms with Crippen LogP contribution in [0.25, 0.3) is 0 Å². The summed E-state index contributed by atoms with van der Waals surface area (Å²) in [4.78, 5) is 11.6. The molecule has 0 saturated heterocycles. The maximum Gasteiger partial charge on any atom is 0.334 e. The van der Waals surface area contributed by atoms with Gasteiger partial charge >= 0.3 is 5.97 Å². The largest absolute Gasteiger partial charge is 0.455 e. The number of aliphatic hydroxyl groups excluding tert-OH is 1. The average Bonchev–Trinajstić information content (AvgIpc) is 3.27. The smallest absolute Gasteiger partial charge is 0.334 e. The third kappa shape index (κ3) is 23.7. The molecule has 1 aliphatic heterocycles. The van der Waals surface area contributed by atoms with Gasteiger partial charge in [-0.2, -0.15) is 0 Å². The third-order valence-corrected chi connectivity index (χ3v) is 7.31. The first kappa shape index (κ1) is 37.0. The Hall–Kier alpha value is -0.990. The summed E-state index contributed by atoms with van der Waals surface area (Å²) in [5.74, 6) is -0.142. The molecule has 1 rings (SSSR count). The Bertz CT molecular complexity index is 595. The predicted octanol–water partition coefficient (Wildman–Crippen LogP) is 7.33. The van der Waals surface area contributed by atoms with E-state index in [-0.39, 0.29) is 18.2 Å². The van der Waals surface area contributed by atoms with E-state index < -0.39 is 0 Å². The molecule has 0 aromatic carbocycles. The minimum atomic E-state index is -0.209. The quantitative estimate of drug-likeness (QED) is 0.0690. The van der Waals surface area contributed by atoms with Gasteiger partial charge in [0.25, 0.3) is 0 Å². The zero-order valence-electron chi connectivity index (χ0n) is 26.0. The molecule has 0 fully saturated rings. The SMILES string of the molecule is CCCCCCCCCCOCCOCCOCCOCCCC[C@H](O)CCCCCCCC1=C[C@H](C)OC1=O.